The third kappa shape index (κ3) is 1.99. The van der Waals surface area contributed by atoms with Gasteiger partial charge in [-0.05, 0) is 37.0 Å². The van der Waals surface area contributed by atoms with Crippen LogP contribution in [0.4, 0.5) is 9.18 Å². The van der Waals surface area contributed by atoms with Gasteiger partial charge in [-0.1, -0.05) is 6.08 Å². The van der Waals surface area contributed by atoms with E-state index in [0.29, 0.717) is 29.8 Å². The maximum Gasteiger partial charge on any atom is 0.407 e. The Balaban J connectivity index is 1.91. The summed E-state index contributed by atoms with van der Waals surface area (Å²) < 4.78 is 14.5. The molecule has 0 saturated carbocycles. The molecular weight excluding hydrogens is 247 g/mol. The molecule has 5 heteroatoms. The van der Waals surface area contributed by atoms with E-state index in [4.69, 9.17) is 0 Å². The van der Waals surface area contributed by atoms with Gasteiger partial charge < -0.3 is 10.0 Å². The summed E-state index contributed by atoms with van der Waals surface area (Å²) in [5.74, 6) is 0. The Hall–Kier alpha value is -1.91. The molecule has 0 aromatic rings. The van der Waals surface area contributed by atoms with Crippen LogP contribution in [0.2, 0.25) is 0 Å². The van der Waals surface area contributed by atoms with Crippen LogP contribution in [0.25, 0.3) is 0 Å². The molecule has 0 spiro atoms. The summed E-state index contributed by atoms with van der Waals surface area (Å²) in [4.78, 5) is 16.7. The van der Waals surface area contributed by atoms with Crippen molar-refractivity contribution in [1.82, 2.24) is 4.90 Å². The number of hydrogen-bond donors (Lipinski definition) is 1. The van der Waals surface area contributed by atoms with E-state index in [-0.39, 0.29) is 6.04 Å². The van der Waals surface area contributed by atoms with E-state index in [1.807, 2.05) is 0 Å². The van der Waals surface area contributed by atoms with Gasteiger partial charge in [-0.25, -0.2) is 9.18 Å². The van der Waals surface area contributed by atoms with Crippen molar-refractivity contribution < 1.29 is 14.3 Å². The number of nitrogens with zero attached hydrogens (tertiary/aromatic N) is 2. The minimum absolute atomic E-state index is 0.347. The van der Waals surface area contributed by atoms with Crippen LogP contribution in [-0.2, 0) is 0 Å². The summed E-state index contributed by atoms with van der Waals surface area (Å²) in [7, 11) is 0. The summed E-state index contributed by atoms with van der Waals surface area (Å²) in [6.45, 7) is 0.482. The molecule has 1 aliphatic carbocycles. The van der Waals surface area contributed by atoms with Crippen LogP contribution in [0.1, 0.15) is 19.3 Å². The lowest BCUT2D eigenvalue weighted by Gasteiger charge is -2.37. The van der Waals surface area contributed by atoms with Crippen molar-refractivity contribution in [3.63, 3.8) is 0 Å². The molecule has 1 saturated heterocycles. The number of likely N-dealkylation sites (tertiary alicyclic amines) is 1. The predicted octanol–water partition coefficient (Wildman–Crippen LogP) is 2.69. The molecule has 0 bridgehead atoms. The molecule has 100 valence electrons. The number of carbonyl (C=O) groups is 1. The molecule has 19 heavy (non-hydrogen) atoms. The number of halogens is 1. The van der Waals surface area contributed by atoms with E-state index in [9.17, 15) is 14.3 Å². The standard InChI is InChI=1S/C14H15FN2O2/c15-13-9-6-7-16-11(9)5-4-10(13)12-3-1-2-8-17(12)14(18)19/h4-7,12-13H,1-3,8H2,(H,18,19). The van der Waals surface area contributed by atoms with Gasteiger partial charge in [0.05, 0.1) is 11.7 Å². The summed E-state index contributed by atoms with van der Waals surface area (Å²) in [6, 6.07) is -0.347. The Morgan fingerprint density at radius 1 is 1.37 bits per heavy atom. The van der Waals surface area contributed by atoms with Crippen molar-refractivity contribution >= 4 is 12.3 Å². The summed E-state index contributed by atoms with van der Waals surface area (Å²) in [5, 5.41) is 9.23. The first-order valence-corrected chi connectivity index (χ1v) is 6.48. The van der Waals surface area contributed by atoms with Crippen molar-refractivity contribution in [2.45, 2.75) is 31.5 Å². The number of allylic oxidation sites excluding steroid dienone is 4. The molecule has 3 aliphatic rings. The lowest BCUT2D eigenvalue weighted by molar-refractivity contribution is 0.113. The number of hydrogen-bond acceptors (Lipinski definition) is 2. The van der Waals surface area contributed by atoms with E-state index in [1.54, 1.807) is 24.4 Å². The fraction of sp³-hybridized carbons (Fsp3) is 0.429. The maximum absolute atomic E-state index is 14.5. The zero-order valence-corrected chi connectivity index (χ0v) is 10.4. The first-order chi connectivity index (χ1) is 9.18. The molecule has 0 aromatic carbocycles. The highest BCUT2D eigenvalue weighted by Crippen LogP contribution is 2.36. The Bertz CT molecular complexity index is 534. The van der Waals surface area contributed by atoms with E-state index < -0.39 is 12.3 Å². The van der Waals surface area contributed by atoms with Crippen molar-refractivity contribution in [3.8, 4) is 0 Å². The van der Waals surface area contributed by atoms with Crippen molar-refractivity contribution in [2.24, 2.45) is 4.99 Å². The second kappa shape index (κ2) is 4.64. The van der Waals surface area contributed by atoms with E-state index in [1.165, 1.54) is 4.90 Å². The average Bonchev–Trinajstić information content (AvgIpc) is 2.88. The molecule has 2 atom stereocenters. The highest BCUT2D eigenvalue weighted by Gasteiger charge is 2.36. The number of aliphatic imine (C=N–C) groups is 1. The molecule has 4 nitrogen and oxygen atoms in total. The van der Waals surface area contributed by atoms with Crippen LogP contribution in [0.3, 0.4) is 0 Å². The fourth-order valence-corrected chi connectivity index (χ4v) is 2.94. The Labute approximate surface area is 110 Å². The van der Waals surface area contributed by atoms with Gasteiger partial charge in [-0.2, -0.15) is 0 Å². The zero-order chi connectivity index (χ0) is 13.4. The third-order valence-corrected chi connectivity index (χ3v) is 3.90. The molecule has 0 aromatic heterocycles. The normalized spacial score (nSPS) is 29.5. The van der Waals surface area contributed by atoms with E-state index in [0.717, 1.165) is 12.8 Å². The van der Waals surface area contributed by atoms with Gasteiger partial charge in [0.1, 0.15) is 0 Å². The lowest BCUT2D eigenvalue weighted by Crippen LogP contribution is -2.46. The van der Waals surface area contributed by atoms with Gasteiger partial charge in [-0.3, -0.25) is 4.99 Å². The minimum atomic E-state index is -1.24. The molecule has 1 fully saturated rings. The SMILES string of the molecule is O=C(O)N1CCCCC1C1=CC=C2N=CC=C2C1F. The highest BCUT2D eigenvalue weighted by atomic mass is 19.1. The number of alkyl halides is 1. The summed E-state index contributed by atoms with van der Waals surface area (Å²) >= 11 is 0. The molecule has 2 heterocycles. The molecule has 1 N–H and O–H groups in total. The Morgan fingerprint density at radius 3 is 3.00 bits per heavy atom. The first kappa shape index (κ1) is 12.1. The monoisotopic (exact) mass is 262 g/mol. The third-order valence-electron chi connectivity index (χ3n) is 3.90. The van der Waals surface area contributed by atoms with Crippen molar-refractivity contribution in [1.29, 1.82) is 0 Å². The fourth-order valence-electron chi connectivity index (χ4n) is 2.94. The van der Waals surface area contributed by atoms with Gasteiger partial charge in [0.2, 0.25) is 0 Å². The lowest BCUT2D eigenvalue weighted by atomic mass is 9.86. The number of carboxylic acid groups (broad SMARTS) is 1. The van der Waals surface area contributed by atoms with Crippen LogP contribution >= 0.6 is 0 Å². The summed E-state index contributed by atoms with van der Waals surface area (Å²) in [5.41, 5.74) is 1.74. The number of amides is 1. The molecule has 0 radical (unpaired) electrons. The first-order valence-electron chi connectivity index (χ1n) is 6.48. The van der Waals surface area contributed by atoms with E-state index >= 15 is 0 Å². The van der Waals surface area contributed by atoms with Crippen molar-refractivity contribution in [3.05, 3.63) is 35.1 Å². The molecule has 2 aliphatic heterocycles. The van der Waals surface area contributed by atoms with Crippen LogP contribution < -0.4 is 0 Å². The Morgan fingerprint density at radius 2 is 2.21 bits per heavy atom. The molecule has 3 rings (SSSR count). The minimum Gasteiger partial charge on any atom is -0.465 e. The van der Waals surface area contributed by atoms with Gasteiger partial charge in [0, 0.05) is 18.3 Å². The second-order valence-electron chi connectivity index (χ2n) is 4.97. The quantitative estimate of drug-likeness (QED) is 0.790. The largest absolute Gasteiger partial charge is 0.465 e. The highest BCUT2D eigenvalue weighted by molar-refractivity contribution is 5.81. The second-order valence-corrected chi connectivity index (χ2v) is 4.97. The van der Waals surface area contributed by atoms with Gasteiger partial charge in [0.25, 0.3) is 0 Å². The zero-order valence-electron chi connectivity index (χ0n) is 10.4. The summed E-state index contributed by atoms with van der Waals surface area (Å²) in [6.07, 6.45) is 6.98. The van der Waals surface area contributed by atoms with E-state index in [2.05, 4.69) is 4.99 Å². The number of piperidine rings is 1. The number of fused-ring (bicyclic) bond motifs is 1. The van der Waals surface area contributed by atoms with Crippen LogP contribution in [0, 0.1) is 0 Å². The molecule has 2 unspecified atom stereocenters. The molecular formula is C14H15FN2O2. The van der Waals surface area contributed by atoms with Gasteiger partial charge >= 0.3 is 6.09 Å². The van der Waals surface area contributed by atoms with Crippen LogP contribution in [-0.4, -0.2) is 41.1 Å². The topological polar surface area (TPSA) is 52.9 Å². The smallest absolute Gasteiger partial charge is 0.407 e. The maximum atomic E-state index is 14.5. The van der Waals surface area contributed by atoms with Crippen LogP contribution in [0.5, 0.6) is 0 Å². The van der Waals surface area contributed by atoms with Gasteiger partial charge in [-0.15, -0.1) is 0 Å². The van der Waals surface area contributed by atoms with Crippen molar-refractivity contribution in [2.75, 3.05) is 6.54 Å². The van der Waals surface area contributed by atoms with Gasteiger partial charge in [0.15, 0.2) is 6.17 Å². The number of rotatable bonds is 1. The average molecular weight is 262 g/mol. The predicted molar refractivity (Wildman–Crippen MR) is 70.0 cm³/mol. The Kier molecular flexibility index (Phi) is 2.97. The molecule has 1 amide bonds. The van der Waals surface area contributed by atoms with Crippen LogP contribution in [0.15, 0.2) is 40.1 Å².